The van der Waals surface area contributed by atoms with E-state index in [9.17, 15) is 0 Å². The molecule has 0 spiro atoms. The molecule has 1 heterocycles. The number of rotatable bonds is 0. The van der Waals surface area contributed by atoms with Crippen LogP contribution in [0.5, 0.6) is 0 Å². The van der Waals surface area contributed by atoms with Crippen molar-refractivity contribution in [2.45, 2.75) is 31.7 Å². The van der Waals surface area contributed by atoms with Gasteiger partial charge in [0.05, 0.1) is 0 Å². The first-order valence-electron chi connectivity index (χ1n) is 5.81. The van der Waals surface area contributed by atoms with Crippen LogP contribution < -0.4 is 5.73 Å². The summed E-state index contributed by atoms with van der Waals surface area (Å²) < 4.78 is 0. The number of benzene rings is 1. The van der Waals surface area contributed by atoms with Gasteiger partial charge in [-0.2, -0.15) is 0 Å². The van der Waals surface area contributed by atoms with Crippen molar-refractivity contribution in [3.8, 4) is 0 Å². The number of aryl methyl sites for hydroxylation is 1. The van der Waals surface area contributed by atoms with E-state index in [-0.39, 0.29) is 6.04 Å². The second kappa shape index (κ2) is 3.79. The summed E-state index contributed by atoms with van der Waals surface area (Å²) in [4.78, 5) is 3.48. The van der Waals surface area contributed by atoms with E-state index >= 15 is 0 Å². The third-order valence-corrected chi connectivity index (χ3v) is 3.68. The third kappa shape index (κ3) is 1.53. The average molecular weight is 235 g/mol. The Balaban J connectivity index is 2.28. The molecule has 1 aliphatic rings. The highest BCUT2D eigenvalue weighted by atomic mass is 35.5. The molecule has 2 nitrogen and oxygen atoms in total. The second-order valence-electron chi connectivity index (χ2n) is 4.56. The lowest BCUT2D eigenvalue weighted by atomic mass is 10.0. The Morgan fingerprint density at radius 2 is 2.19 bits per heavy atom. The van der Waals surface area contributed by atoms with Crippen molar-refractivity contribution in [3.63, 3.8) is 0 Å². The molecule has 2 aromatic rings. The molecule has 1 atom stereocenters. The largest absolute Gasteiger partial charge is 0.358 e. The van der Waals surface area contributed by atoms with Crippen molar-refractivity contribution in [2.24, 2.45) is 5.73 Å². The lowest BCUT2D eigenvalue weighted by Gasteiger charge is -2.09. The summed E-state index contributed by atoms with van der Waals surface area (Å²) in [5, 5.41) is 1.99. The van der Waals surface area contributed by atoms with Crippen LogP contribution in [-0.4, -0.2) is 4.98 Å². The van der Waals surface area contributed by atoms with Crippen molar-refractivity contribution in [2.75, 3.05) is 0 Å². The summed E-state index contributed by atoms with van der Waals surface area (Å²) in [6.07, 6.45) is 4.62. The van der Waals surface area contributed by atoms with Crippen LogP contribution in [0.15, 0.2) is 18.2 Å². The van der Waals surface area contributed by atoms with Crippen LogP contribution in [0.1, 0.15) is 36.6 Å². The average Bonchev–Trinajstić information content (AvgIpc) is 2.51. The Morgan fingerprint density at radius 3 is 3.06 bits per heavy atom. The topological polar surface area (TPSA) is 41.8 Å². The number of nitrogens with two attached hydrogens (primary N) is 1. The van der Waals surface area contributed by atoms with Gasteiger partial charge in [-0.15, -0.1) is 0 Å². The van der Waals surface area contributed by atoms with Gasteiger partial charge < -0.3 is 10.7 Å². The summed E-state index contributed by atoms with van der Waals surface area (Å²) in [7, 11) is 0. The van der Waals surface area contributed by atoms with Crippen molar-refractivity contribution in [1.29, 1.82) is 0 Å². The van der Waals surface area contributed by atoms with Crippen LogP contribution in [0.25, 0.3) is 10.9 Å². The third-order valence-electron chi connectivity index (χ3n) is 3.45. The Labute approximate surface area is 99.8 Å². The fourth-order valence-electron chi connectivity index (χ4n) is 2.67. The maximum absolute atomic E-state index is 6.24. The summed E-state index contributed by atoms with van der Waals surface area (Å²) in [6.45, 7) is 0. The summed E-state index contributed by atoms with van der Waals surface area (Å²) in [5.74, 6) is 0. The van der Waals surface area contributed by atoms with Gasteiger partial charge in [-0.3, -0.25) is 0 Å². The van der Waals surface area contributed by atoms with E-state index in [4.69, 9.17) is 17.3 Å². The predicted octanol–water partition coefficient (Wildman–Crippen LogP) is 3.55. The standard InChI is InChI=1S/C13H15ClN2/c14-8-5-6-11-9(7-8)13-10(15)3-1-2-4-12(13)16-11/h5-7,10,16H,1-4,15H2. The molecule has 0 amide bonds. The summed E-state index contributed by atoms with van der Waals surface area (Å²) >= 11 is 6.05. The van der Waals surface area contributed by atoms with E-state index in [0.29, 0.717) is 0 Å². The summed E-state index contributed by atoms with van der Waals surface area (Å²) in [6, 6.07) is 6.14. The molecule has 1 aromatic heterocycles. The fraction of sp³-hybridized carbons (Fsp3) is 0.385. The van der Waals surface area contributed by atoms with E-state index < -0.39 is 0 Å². The molecule has 0 saturated carbocycles. The Hall–Kier alpha value is -0.990. The Kier molecular flexibility index (Phi) is 2.41. The van der Waals surface area contributed by atoms with E-state index in [2.05, 4.69) is 4.98 Å². The number of aromatic amines is 1. The molecule has 0 fully saturated rings. The number of hydrogen-bond acceptors (Lipinski definition) is 1. The number of halogens is 1. The van der Waals surface area contributed by atoms with E-state index in [0.717, 1.165) is 23.4 Å². The first-order chi connectivity index (χ1) is 7.75. The van der Waals surface area contributed by atoms with E-state index in [1.807, 2.05) is 18.2 Å². The summed E-state index contributed by atoms with van der Waals surface area (Å²) in [5.41, 5.74) is 10.00. The van der Waals surface area contributed by atoms with Crippen LogP contribution >= 0.6 is 11.6 Å². The lowest BCUT2D eigenvalue weighted by Crippen LogP contribution is -2.09. The Morgan fingerprint density at radius 1 is 1.31 bits per heavy atom. The lowest BCUT2D eigenvalue weighted by molar-refractivity contribution is 0.617. The van der Waals surface area contributed by atoms with Crippen molar-refractivity contribution < 1.29 is 0 Å². The van der Waals surface area contributed by atoms with Crippen LogP contribution in [0, 0.1) is 0 Å². The minimum Gasteiger partial charge on any atom is -0.358 e. The minimum atomic E-state index is 0.157. The van der Waals surface area contributed by atoms with Crippen molar-refractivity contribution >= 4 is 22.5 Å². The van der Waals surface area contributed by atoms with Gasteiger partial charge in [0.2, 0.25) is 0 Å². The molecular formula is C13H15ClN2. The van der Waals surface area contributed by atoms with Gasteiger partial charge in [0.15, 0.2) is 0 Å². The highest BCUT2D eigenvalue weighted by Crippen LogP contribution is 2.34. The second-order valence-corrected chi connectivity index (χ2v) is 5.00. The van der Waals surface area contributed by atoms with Crippen LogP contribution in [0.4, 0.5) is 0 Å². The van der Waals surface area contributed by atoms with Crippen LogP contribution in [-0.2, 0) is 6.42 Å². The molecule has 1 unspecified atom stereocenters. The van der Waals surface area contributed by atoms with Crippen LogP contribution in [0.3, 0.4) is 0 Å². The zero-order valence-electron chi connectivity index (χ0n) is 9.09. The van der Waals surface area contributed by atoms with Gasteiger partial charge in [0.25, 0.3) is 0 Å². The molecule has 1 aromatic carbocycles. The molecule has 0 radical (unpaired) electrons. The molecule has 1 aliphatic carbocycles. The smallest absolute Gasteiger partial charge is 0.0460 e. The molecular weight excluding hydrogens is 220 g/mol. The number of hydrogen-bond donors (Lipinski definition) is 2. The highest BCUT2D eigenvalue weighted by Gasteiger charge is 2.20. The molecule has 3 N–H and O–H groups in total. The first-order valence-corrected chi connectivity index (χ1v) is 6.19. The number of H-pyrrole nitrogens is 1. The molecule has 0 aliphatic heterocycles. The fourth-order valence-corrected chi connectivity index (χ4v) is 2.84. The normalized spacial score (nSPS) is 20.8. The maximum Gasteiger partial charge on any atom is 0.0460 e. The number of nitrogens with one attached hydrogen (secondary N) is 1. The van der Waals surface area contributed by atoms with Crippen molar-refractivity contribution in [3.05, 3.63) is 34.5 Å². The van der Waals surface area contributed by atoms with Gasteiger partial charge in [-0.1, -0.05) is 18.0 Å². The number of aromatic nitrogens is 1. The SMILES string of the molecule is NC1CCCCc2[nH]c3ccc(Cl)cc3c21. The number of fused-ring (bicyclic) bond motifs is 3. The van der Waals surface area contributed by atoms with Gasteiger partial charge in [-0.05, 0) is 43.0 Å². The van der Waals surface area contributed by atoms with Gasteiger partial charge in [0.1, 0.15) is 0 Å². The first kappa shape index (κ1) is 10.2. The molecule has 3 rings (SSSR count). The van der Waals surface area contributed by atoms with E-state index in [1.165, 1.54) is 29.5 Å². The highest BCUT2D eigenvalue weighted by molar-refractivity contribution is 6.31. The molecule has 3 heteroatoms. The monoisotopic (exact) mass is 234 g/mol. The zero-order valence-corrected chi connectivity index (χ0v) is 9.85. The minimum absolute atomic E-state index is 0.157. The molecule has 84 valence electrons. The Bertz CT molecular complexity index is 530. The maximum atomic E-state index is 6.24. The van der Waals surface area contributed by atoms with Gasteiger partial charge >= 0.3 is 0 Å². The predicted molar refractivity (Wildman–Crippen MR) is 67.8 cm³/mol. The van der Waals surface area contributed by atoms with E-state index in [1.54, 1.807) is 0 Å². The van der Waals surface area contributed by atoms with Gasteiger partial charge in [0, 0.05) is 27.7 Å². The van der Waals surface area contributed by atoms with Crippen LogP contribution in [0.2, 0.25) is 5.02 Å². The van der Waals surface area contributed by atoms with Crippen molar-refractivity contribution in [1.82, 2.24) is 4.98 Å². The molecule has 0 bridgehead atoms. The molecule has 0 saturated heterocycles. The quantitative estimate of drug-likeness (QED) is 0.673. The van der Waals surface area contributed by atoms with Gasteiger partial charge in [-0.25, -0.2) is 0 Å². The zero-order chi connectivity index (χ0) is 11.1. The molecule has 16 heavy (non-hydrogen) atoms.